The number of nitrogens with zero attached hydrogens (tertiary/aromatic N) is 3. The predicted octanol–water partition coefficient (Wildman–Crippen LogP) is 1.48. The number of nitrogens with one attached hydrogen (secondary N) is 2. The van der Waals surface area contributed by atoms with Crippen LogP contribution in [0.2, 0.25) is 0 Å². The second-order valence-electron chi connectivity index (χ2n) is 7.12. The molecule has 1 saturated heterocycles. The summed E-state index contributed by atoms with van der Waals surface area (Å²) in [5.74, 6) is 0.132. The molecule has 158 valence electrons. The highest BCUT2D eigenvalue weighted by Gasteiger charge is 2.21. The maximum atomic E-state index is 12.2. The van der Waals surface area contributed by atoms with Crippen LogP contribution in [0.4, 0.5) is 0 Å². The summed E-state index contributed by atoms with van der Waals surface area (Å²) in [7, 11) is 0. The van der Waals surface area contributed by atoms with Crippen molar-refractivity contribution in [3.05, 3.63) is 46.4 Å². The van der Waals surface area contributed by atoms with Crippen molar-refractivity contribution in [3.8, 4) is 0 Å². The number of benzene rings is 1. The van der Waals surface area contributed by atoms with Crippen molar-refractivity contribution in [2.75, 3.05) is 32.0 Å². The van der Waals surface area contributed by atoms with Gasteiger partial charge in [0.15, 0.2) is 5.16 Å². The zero-order valence-electron chi connectivity index (χ0n) is 16.8. The smallest absolute Gasteiger partial charge is 0.343 e. The van der Waals surface area contributed by atoms with E-state index in [1.54, 1.807) is 4.57 Å². The summed E-state index contributed by atoms with van der Waals surface area (Å²) < 4.78 is 7.39. The minimum absolute atomic E-state index is 0.0190. The SMILES string of the molecule is CCCCn1c(SCC(=O)NCC2CN(Cc3ccccc3)CCO2)n[nH]c1=O. The normalized spacial score (nSPS) is 17.3. The molecule has 0 saturated carbocycles. The van der Waals surface area contributed by atoms with Gasteiger partial charge in [-0.2, -0.15) is 0 Å². The van der Waals surface area contributed by atoms with Crippen molar-refractivity contribution in [1.82, 2.24) is 25.0 Å². The topological polar surface area (TPSA) is 92.2 Å². The summed E-state index contributed by atoms with van der Waals surface area (Å²) in [6.45, 7) is 6.40. The molecule has 1 aliphatic rings. The molecule has 0 bridgehead atoms. The number of unbranched alkanes of at least 4 members (excludes halogenated alkanes) is 1. The van der Waals surface area contributed by atoms with E-state index < -0.39 is 0 Å². The van der Waals surface area contributed by atoms with Crippen molar-refractivity contribution in [2.24, 2.45) is 0 Å². The average molecular weight is 420 g/mol. The fourth-order valence-electron chi connectivity index (χ4n) is 3.22. The number of aromatic amines is 1. The Morgan fingerprint density at radius 3 is 3.00 bits per heavy atom. The molecule has 0 spiro atoms. The first-order valence-corrected chi connectivity index (χ1v) is 11.1. The molecule has 2 aromatic rings. The van der Waals surface area contributed by atoms with Gasteiger partial charge >= 0.3 is 5.69 Å². The Balaban J connectivity index is 1.41. The molecule has 2 N–H and O–H groups in total. The first kappa shape index (κ1) is 21.6. The quantitative estimate of drug-likeness (QED) is 0.567. The van der Waals surface area contributed by atoms with Gasteiger partial charge in [0.25, 0.3) is 0 Å². The van der Waals surface area contributed by atoms with E-state index in [1.807, 2.05) is 18.2 Å². The molecule has 3 rings (SSSR count). The third-order valence-electron chi connectivity index (χ3n) is 4.79. The third-order valence-corrected chi connectivity index (χ3v) is 5.77. The second-order valence-corrected chi connectivity index (χ2v) is 8.07. The number of thioether (sulfide) groups is 1. The van der Waals surface area contributed by atoms with E-state index in [-0.39, 0.29) is 23.5 Å². The Bertz CT molecular complexity index is 823. The Morgan fingerprint density at radius 2 is 2.21 bits per heavy atom. The molecule has 1 aliphatic heterocycles. The molecule has 1 aromatic carbocycles. The molecule has 9 heteroatoms. The maximum absolute atomic E-state index is 12.2. The van der Waals surface area contributed by atoms with Crippen LogP contribution in [0.15, 0.2) is 40.3 Å². The number of hydrogen-bond acceptors (Lipinski definition) is 6. The average Bonchev–Trinajstić information content (AvgIpc) is 3.09. The van der Waals surface area contributed by atoms with Crippen molar-refractivity contribution >= 4 is 17.7 Å². The van der Waals surface area contributed by atoms with E-state index in [0.29, 0.717) is 24.9 Å². The molecule has 1 unspecified atom stereocenters. The lowest BCUT2D eigenvalue weighted by atomic mass is 10.2. The molecule has 1 atom stereocenters. The lowest BCUT2D eigenvalue weighted by Gasteiger charge is -2.33. The standard InChI is InChI=1S/C20H29N5O3S/c1-2-3-9-25-19(27)22-23-20(25)29-15-18(26)21-12-17-14-24(10-11-28-17)13-16-7-5-4-6-8-16/h4-8,17H,2-3,9-15H2,1H3,(H,21,26)(H,22,27). The number of carbonyl (C=O) groups excluding carboxylic acids is 1. The van der Waals surface area contributed by atoms with Crippen LogP contribution in [-0.2, 0) is 22.6 Å². The minimum Gasteiger partial charge on any atom is -0.374 e. The summed E-state index contributed by atoms with van der Waals surface area (Å²) in [5.41, 5.74) is 1.05. The van der Waals surface area contributed by atoms with Crippen LogP contribution in [0.25, 0.3) is 0 Å². The molecule has 2 heterocycles. The van der Waals surface area contributed by atoms with Crippen LogP contribution in [0.3, 0.4) is 0 Å². The van der Waals surface area contributed by atoms with Crippen molar-refractivity contribution in [2.45, 2.75) is 44.1 Å². The van der Waals surface area contributed by atoms with Crippen molar-refractivity contribution < 1.29 is 9.53 Å². The molecule has 0 radical (unpaired) electrons. The zero-order chi connectivity index (χ0) is 20.5. The molecule has 1 aromatic heterocycles. The Hall–Kier alpha value is -2.10. The van der Waals surface area contributed by atoms with E-state index in [4.69, 9.17) is 4.74 Å². The van der Waals surface area contributed by atoms with Gasteiger partial charge in [-0.25, -0.2) is 9.89 Å². The summed E-state index contributed by atoms with van der Waals surface area (Å²) in [6.07, 6.45) is 1.87. The fraction of sp³-hybridized carbons (Fsp3) is 0.550. The third kappa shape index (κ3) is 6.73. The molecular weight excluding hydrogens is 390 g/mol. The van der Waals surface area contributed by atoms with Crippen LogP contribution in [0, 0.1) is 0 Å². The van der Waals surface area contributed by atoms with Crippen LogP contribution in [0.5, 0.6) is 0 Å². The minimum atomic E-state index is -0.226. The highest BCUT2D eigenvalue weighted by Crippen LogP contribution is 2.14. The van der Waals surface area contributed by atoms with E-state index >= 15 is 0 Å². The number of H-pyrrole nitrogens is 1. The lowest BCUT2D eigenvalue weighted by Crippen LogP contribution is -2.47. The Labute approximate surface area is 175 Å². The van der Waals surface area contributed by atoms with Gasteiger partial charge in [0.2, 0.25) is 5.91 Å². The van der Waals surface area contributed by atoms with Gasteiger partial charge < -0.3 is 10.1 Å². The monoisotopic (exact) mass is 419 g/mol. The molecular formula is C20H29N5O3S. The zero-order valence-corrected chi connectivity index (χ0v) is 17.6. The Kier molecular flexibility index (Phi) is 8.33. The molecule has 1 fully saturated rings. The van der Waals surface area contributed by atoms with Crippen LogP contribution in [-0.4, -0.2) is 63.7 Å². The van der Waals surface area contributed by atoms with Gasteiger partial charge in [0.1, 0.15) is 0 Å². The van der Waals surface area contributed by atoms with Gasteiger partial charge in [-0.15, -0.1) is 5.10 Å². The number of amides is 1. The first-order chi connectivity index (χ1) is 14.2. The highest BCUT2D eigenvalue weighted by atomic mass is 32.2. The second kappa shape index (κ2) is 11.2. The van der Waals surface area contributed by atoms with Crippen molar-refractivity contribution in [3.63, 3.8) is 0 Å². The van der Waals surface area contributed by atoms with Crippen LogP contribution >= 0.6 is 11.8 Å². The number of morpholine rings is 1. The first-order valence-electron chi connectivity index (χ1n) is 10.1. The number of rotatable bonds is 10. The predicted molar refractivity (Wildman–Crippen MR) is 113 cm³/mol. The number of aromatic nitrogens is 3. The molecule has 0 aliphatic carbocycles. The number of carbonyl (C=O) groups is 1. The Morgan fingerprint density at radius 1 is 1.38 bits per heavy atom. The molecule has 1 amide bonds. The van der Waals surface area contributed by atoms with Gasteiger partial charge in [-0.05, 0) is 12.0 Å². The van der Waals surface area contributed by atoms with Gasteiger partial charge in [-0.1, -0.05) is 55.4 Å². The van der Waals surface area contributed by atoms with Crippen LogP contribution < -0.4 is 11.0 Å². The number of ether oxygens (including phenoxy) is 1. The van der Waals surface area contributed by atoms with E-state index in [2.05, 4.69) is 39.5 Å². The van der Waals surface area contributed by atoms with Crippen LogP contribution in [0.1, 0.15) is 25.3 Å². The molecule has 29 heavy (non-hydrogen) atoms. The van der Waals surface area contributed by atoms with E-state index in [1.165, 1.54) is 17.3 Å². The van der Waals surface area contributed by atoms with Gasteiger partial charge in [-0.3, -0.25) is 14.3 Å². The summed E-state index contributed by atoms with van der Waals surface area (Å²) >= 11 is 1.27. The van der Waals surface area contributed by atoms with Gasteiger partial charge in [0.05, 0.1) is 18.5 Å². The highest BCUT2D eigenvalue weighted by molar-refractivity contribution is 7.99. The number of hydrogen-bond donors (Lipinski definition) is 2. The fourth-order valence-corrected chi connectivity index (χ4v) is 4.03. The van der Waals surface area contributed by atoms with E-state index in [0.717, 1.165) is 32.5 Å². The largest absolute Gasteiger partial charge is 0.374 e. The maximum Gasteiger partial charge on any atom is 0.343 e. The summed E-state index contributed by atoms with van der Waals surface area (Å²) in [4.78, 5) is 26.4. The van der Waals surface area contributed by atoms with E-state index in [9.17, 15) is 9.59 Å². The summed E-state index contributed by atoms with van der Waals surface area (Å²) in [5, 5.41) is 9.97. The summed E-state index contributed by atoms with van der Waals surface area (Å²) in [6, 6.07) is 10.4. The lowest BCUT2D eigenvalue weighted by molar-refractivity contribution is -0.119. The van der Waals surface area contributed by atoms with Crippen molar-refractivity contribution in [1.29, 1.82) is 0 Å². The van der Waals surface area contributed by atoms with Gasteiger partial charge in [0, 0.05) is 32.7 Å². The molecule has 8 nitrogen and oxygen atoms in total.